The second-order valence-corrected chi connectivity index (χ2v) is 4.77. The summed E-state index contributed by atoms with van der Waals surface area (Å²) >= 11 is 0. The van der Waals surface area contributed by atoms with Crippen molar-refractivity contribution in [3.63, 3.8) is 0 Å². The highest BCUT2D eigenvalue weighted by atomic mass is 16.5. The summed E-state index contributed by atoms with van der Waals surface area (Å²) in [5.74, 6) is 0.960. The van der Waals surface area contributed by atoms with Gasteiger partial charge in [0.1, 0.15) is 0 Å². The van der Waals surface area contributed by atoms with Gasteiger partial charge in [0, 0.05) is 6.04 Å². The van der Waals surface area contributed by atoms with Crippen LogP contribution in [0.1, 0.15) is 32.6 Å². The van der Waals surface area contributed by atoms with Gasteiger partial charge in [-0.3, -0.25) is 4.90 Å². The first-order valence-corrected chi connectivity index (χ1v) is 5.57. The van der Waals surface area contributed by atoms with Crippen molar-refractivity contribution in [1.82, 2.24) is 4.90 Å². The molecule has 1 saturated heterocycles. The lowest BCUT2D eigenvalue weighted by atomic mass is 9.86. The van der Waals surface area contributed by atoms with Crippen LogP contribution >= 0.6 is 0 Å². The number of hydrogen-bond donors (Lipinski definition) is 0. The van der Waals surface area contributed by atoms with Crippen LogP contribution in [0, 0.1) is 5.92 Å². The molecule has 2 nitrogen and oxygen atoms in total. The van der Waals surface area contributed by atoms with Crippen LogP contribution in [0.4, 0.5) is 0 Å². The molecule has 1 aliphatic heterocycles. The Morgan fingerprint density at radius 2 is 1.62 bits per heavy atom. The topological polar surface area (TPSA) is 12.5 Å². The Morgan fingerprint density at radius 1 is 1.00 bits per heavy atom. The van der Waals surface area contributed by atoms with Crippen LogP contribution in [-0.4, -0.2) is 37.2 Å². The summed E-state index contributed by atoms with van der Waals surface area (Å²) in [4.78, 5) is 2.55. The van der Waals surface area contributed by atoms with Gasteiger partial charge in [0.2, 0.25) is 0 Å². The molecule has 0 amide bonds. The van der Waals surface area contributed by atoms with E-state index in [2.05, 4.69) is 18.9 Å². The second kappa shape index (κ2) is 3.97. The molecule has 0 radical (unpaired) electrons. The maximum atomic E-state index is 5.23. The summed E-state index contributed by atoms with van der Waals surface area (Å²) in [5, 5.41) is 0. The summed E-state index contributed by atoms with van der Waals surface area (Å²) in [6.07, 6.45) is 5.63. The van der Waals surface area contributed by atoms with Gasteiger partial charge in [-0.25, -0.2) is 0 Å². The predicted octanol–water partition coefficient (Wildman–Crippen LogP) is 1.90. The van der Waals surface area contributed by atoms with Crippen molar-refractivity contribution in [2.45, 2.75) is 44.7 Å². The molecule has 1 aliphatic carbocycles. The number of ether oxygens (including phenoxy) is 1. The van der Waals surface area contributed by atoms with Gasteiger partial charge in [-0.1, -0.05) is 6.92 Å². The van der Waals surface area contributed by atoms with E-state index in [1.807, 2.05) is 0 Å². The number of hydrogen-bond acceptors (Lipinski definition) is 2. The molecule has 2 aliphatic rings. The third kappa shape index (κ3) is 2.05. The molecular weight excluding hydrogens is 162 g/mol. The molecule has 0 aromatic heterocycles. The lowest BCUT2D eigenvalue weighted by Gasteiger charge is -2.42. The van der Waals surface area contributed by atoms with Crippen LogP contribution in [0.5, 0.6) is 0 Å². The Hall–Kier alpha value is -0.0800. The van der Waals surface area contributed by atoms with Crippen LogP contribution < -0.4 is 0 Å². The van der Waals surface area contributed by atoms with E-state index in [1.54, 1.807) is 0 Å². The molecule has 0 spiro atoms. The first kappa shape index (κ1) is 9.47. The van der Waals surface area contributed by atoms with Crippen LogP contribution in [0.15, 0.2) is 0 Å². The van der Waals surface area contributed by atoms with Crippen LogP contribution in [0.3, 0.4) is 0 Å². The van der Waals surface area contributed by atoms with Crippen molar-refractivity contribution in [1.29, 1.82) is 0 Å². The highest BCUT2D eigenvalue weighted by molar-refractivity contribution is 4.83. The molecular formula is C11H21NO. The van der Waals surface area contributed by atoms with Crippen molar-refractivity contribution in [2.75, 3.05) is 20.3 Å². The summed E-state index contributed by atoms with van der Waals surface area (Å²) in [7, 11) is 2.27. The quantitative estimate of drug-likeness (QED) is 0.648. The first-order chi connectivity index (χ1) is 6.27. The van der Waals surface area contributed by atoms with Gasteiger partial charge in [0.05, 0.1) is 19.3 Å². The van der Waals surface area contributed by atoms with Crippen molar-refractivity contribution in [2.24, 2.45) is 5.92 Å². The molecule has 2 heteroatoms. The van der Waals surface area contributed by atoms with E-state index in [1.165, 1.54) is 25.7 Å². The molecule has 0 atom stereocenters. The SMILES string of the molecule is CC1CCC(N(C)C2COC2)CC1. The van der Waals surface area contributed by atoms with E-state index in [0.29, 0.717) is 0 Å². The third-order valence-corrected chi connectivity index (χ3v) is 3.76. The van der Waals surface area contributed by atoms with E-state index < -0.39 is 0 Å². The minimum atomic E-state index is 0.721. The summed E-state index contributed by atoms with van der Waals surface area (Å²) in [6, 6.07) is 1.56. The summed E-state index contributed by atoms with van der Waals surface area (Å²) in [5.41, 5.74) is 0. The molecule has 0 aromatic carbocycles. The Balaban J connectivity index is 1.79. The van der Waals surface area contributed by atoms with Gasteiger partial charge in [0.15, 0.2) is 0 Å². The van der Waals surface area contributed by atoms with Gasteiger partial charge >= 0.3 is 0 Å². The fraction of sp³-hybridized carbons (Fsp3) is 1.00. The van der Waals surface area contributed by atoms with Crippen molar-refractivity contribution in [3.05, 3.63) is 0 Å². The largest absolute Gasteiger partial charge is 0.378 e. The van der Waals surface area contributed by atoms with Gasteiger partial charge in [0.25, 0.3) is 0 Å². The standard InChI is InChI=1S/C11H21NO/c1-9-3-5-10(6-4-9)12(2)11-7-13-8-11/h9-11H,3-8H2,1-2H3. The van der Waals surface area contributed by atoms with Crippen molar-refractivity contribution in [3.8, 4) is 0 Å². The zero-order valence-electron chi connectivity index (χ0n) is 8.83. The molecule has 0 bridgehead atoms. The van der Waals surface area contributed by atoms with Crippen LogP contribution in [-0.2, 0) is 4.74 Å². The van der Waals surface area contributed by atoms with Crippen LogP contribution in [0.25, 0.3) is 0 Å². The Morgan fingerprint density at radius 3 is 2.08 bits per heavy atom. The average Bonchev–Trinajstić information content (AvgIpc) is 2.02. The van der Waals surface area contributed by atoms with E-state index in [-0.39, 0.29) is 0 Å². The first-order valence-electron chi connectivity index (χ1n) is 5.57. The number of rotatable bonds is 2. The third-order valence-electron chi connectivity index (χ3n) is 3.76. The zero-order valence-corrected chi connectivity index (χ0v) is 8.83. The van der Waals surface area contributed by atoms with E-state index >= 15 is 0 Å². The van der Waals surface area contributed by atoms with Gasteiger partial charge in [-0.05, 0) is 38.6 Å². The monoisotopic (exact) mass is 183 g/mol. The molecule has 76 valence electrons. The molecule has 0 aromatic rings. The predicted molar refractivity (Wildman–Crippen MR) is 53.8 cm³/mol. The maximum absolute atomic E-state index is 5.23. The molecule has 0 unspecified atom stereocenters. The number of nitrogens with zero attached hydrogens (tertiary/aromatic N) is 1. The second-order valence-electron chi connectivity index (χ2n) is 4.77. The lowest BCUT2D eigenvalue weighted by molar-refractivity contribution is -0.0746. The summed E-state index contributed by atoms with van der Waals surface area (Å²) in [6.45, 7) is 4.30. The van der Waals surface area contributed by atoms with Gasteiger partial charge in [-0.2, -0.15) is 0 Å². The lowest BCUT2D eigenvalue weighted by Crippen LogP contribution is -2.52. The Bertz CT molecular complexity index is 159. The molecule has 0 N–H and O–H groups in total. The molecule has 1 heterocycles. The Kier molecular flexibility index (Phi) is 2.89. The summed E-state index contributed by atoms with van der Waals surface area (Å²) < 4.78 is 5.23. The molecule has 1 saturated carbocycles. The Labute approximate surface area is 81.3 Å². The minimum Gasteiger partial charge on any atom is -0.378 e. The molecule has 2 rings (SSSR count). The normalized spacial score (nSPS) is 36.2. The fourth-order valence-corrected chi connectivity index (χ4v) is 2.41. The minimum absolute atomic E-state index is 0.721. The van der Waals surface area contributed by atoms with Gasteiger partial charge < -0.3 is 4.74 Å². The molecule has 2 fully saturated rings. The number of likely N-dealkylation sites (N-methyl/N-ethyl adjacent to an activating group) is 1. The van der Waals surface area contributed by atoms with Gasteiger partial charge in [-0.15, -0.1) is 0 Å². The zero-order chi connectivity index (χ0) is 9.26. The molecule has 13 heavy (non-hydrogen) atoms. The average molecular weight is 183 g/mol. The fourth-order valence-electron chi connectivity index (χ4n) is 2.41. The highest BCUT2D eigenvalue weighted by Gasteiger charge is 2.30. The van der Waals surface area contributed by atoms with E-state index in [9.17, 15) is 0 Å². The van der Waals surface area contributed by atoms with Crippen molar-refractivity contribution >= 4 is 0 Å². The van der Waals surface area contributed by atoms with E-state index in [0.717, 1.165) is 31.2 Å². The smallest absolute Gasteiger partial charge is 0.0645 e. The highest BCUT2D eigenvalue weighted by Crippen LogP contribution is 2.28. The van der Waals surface area contributed by atoms with Crippen LogP contribution in [0.2, 0.25) is 0 Å². The maximum Gasteiger partial charge on any atom is 0.0645 e. The van der Waals surface area contributed by atoms with Crippen molar-refractivity contribution < 1.29 is 4.74 Å². The van der Waals surface area contributed by atoms with E-state index in [4.69, 9.17) is 4.74 Å².